The van der Waals surface area contributed by atoms with E-state index in [0.717, 1.165) is 5.56 Å². The number of nitriles is 1. The molecule has 0 atom stereocenters. The van der Waals surface area contributed by atoms with Crippen molar-refractivity contribution in [2.75, 3.05) is 0 Å². The molecule has 0 aliphatic carbocycles. The van der Waals surface area contributed by atoms with Gasteiger partial charge in [-0.2, -0.15) is 10.2 Å². The molecule has 1 N–H and O–H groups in total. The maximum Gasteiger partial charge on any atom is 0.244 e. The van der Waals surface area contributed by atoms with Gasteiger partial charge in [0.05, 0.1) is 17.2 Å². The quantitative estimate of drug-likeness (QED) is 0.864. The van der Waals surface area contributed by atoms with Gasteiger partial charge in [0.15, 0.2) is 5.82 Å². The Morgan fingerprint density at radius 1 is 1.20 bits per heavy atom. The van der Waals surface area contributed by atoms with Crippen LogP contribution in [0, 0.1) is 11.3 Å². The molecule has 6 heteroatoms. The van der Waals surface area contributed by atoms with Gasteiger partial charge < -0.3 is 9.84 Å². The van der Waals surface area contributed by atoms with Crippen LogP contribution in [0.2, 0.25) is 0 Å². The topological polar surface area (TPSA) is 91.8 Å². The van der Waals surface area contributed by atoms with Crippen molar-refractivity contribution in [3.63, 3.8) is 0 Å². The molecule has 1 aromatic carbocycles. The lowest BCUT2D eigenvalue weighted by atomic mass is 9.97. The first-order valence-corrected chi connectivity index (χ1v) is 7.97. The molecule has 0 aliphatic heterocycles. The van der Waals surface area contributed by atoms with Crippen LogP contribution in [0.1, 0.15) is 57.5 Å². The summed E-state index contributed by atoms with van der Waals surface area (Å²) in [5, 5.41) is 15.6. The summed E-state index contributed by atoms with van der Waals surface area (Å²) in [5.41, 5.74) is 0.399. The monoisotopic (exact) mass is 338 g/mol. The Bertz CT molecular complexity index is 818. The predicted octanol–water partition coefficient (Wildman–Crippen LogP) is 3.30. The van der Waals surface area contributed by atoms with E-state index in [4.69, 9.17) is 9.78 Å². The summed E-state index contributed by atoms with van der Waals surface area (Å²) in [6.45, 7) is 9.58. The largest absolute Gasteiger partial charge is 0.340 e. The highest BCUT2D eigenvalue weighted by atomic mass is 16.5. The van der Waals surface area contributed by atoms with E-state index in [1.807, 2.05) is 34.6 Å². The fourth-order valence-electron chi connectivity index (χ4n) is 2.03. The first kappa shape index (κ1) is 18.4. The summed E-state index contributed by atoms with van der Waals surface area (Å²) in [6, 6.07) is 9.02. The van der Waals surface area contributed by atoms with Crippen LogP contribution in [0.4, 0.5) is 0 Å². The number of benzene rings is 1. The third-order valence-electron chi connectivity index (χ3n) is 3.53. The molecule has 6 nitrogen and oxygen atoms in total. The van der Waals surface area contributed by atoms with Gasteiger partial charge in [-0.25, -0.2) is 0 Å². The van der Waals surface area contributed by atoms with Gasteiger partial charge in [0.1, 0.15) is 0 Å². The molecule has 0 fully saturated rings. The zero-order valence-electron chi connectivity index (χ0n) is 15.1. The van der Waals surface area contributed by atoms with E-state index in [1.165, 1.54) is 6.08 Å². The highest BCUT2D eigenvalue weighted by Crippen LogP contribution is 2.23. The molecule has 0 aliphatic rings. The molecule has 0 bridgehead atoms. The molecule has 0 saturated carbocycles. The molecule has 2 rings (SSSR count). The summed E-state index contributed by atoms with van der Waals surface area (Å²) in [7, 11) is 0. The number of nitrogens with zero attached hydrogens (tertiary/aromatic N) is 3. The van der Waals surface area contributed by atoms with E-state index < -0.39 is 5.54 Å². The van der Waals surface area contributed by atoms with Crippen molar-refractivity contribution in [1.82, 2.24) is 15.5 Å². The number of nitrogens with one attached hydrogen (secondary N) is 1. The lowest BCUT2D eigenvalue weighted by Gasteiger charge is -2.21. The third kappa shape index (κ3) is 4.77. The lowest BCUT2D eigenvalue weighted by molar-refractivity contribution is -0.118. The first-order chi connectivity index (χ1) is 11.6. The second kappa shape index (κ2) is 6.89. The van der Waals surface area contributed by atoms with Crippen LogP contribution in [0.3, 0.4) is 0 Å². The second-order valence-corrected chi connectivity index (χ2v) is 7.35. The van der Waals surface area contributed by atoms with E-state index >= 15 is 0 Å². The second-order valence-electron chi connectivity index (χ2n) is 7.35. The van der Waals surface area contributed by atoms with Crippen LogP contribution in [0.25, 0.3) is 6.08 Å². The number of hydrogen-bond donors (Lipinski definition) is 1. The van der Waals surface area contributed by atoms with Crippen LogP contribution in [0.15, 0.2) is 34.9 Å². The number of carbonyl (C=O) groups is 1. The Balaban J connectivity index is 2.06. The number of hydrogen-bond acceptors (Lipinski definition) is 5. The Morgan fingerprint density at radius 2 is 1.84 bits per heavy atom. The molecule has 0 saturated heterocycles. The van der Waals surface area contributed by atoms with Gasteiger partial charge in [0, 0.05) is 11.5 Å². The fraction of sp³-hybridized carbons (Fsp3) is 0.368. The molecule has 0 spiro atoms. The van der Waals surface area contributed by atoms with Gasteiger partial charge in [0.25, 0.3) is 0 Å². The summed E-state index contributed by atoms with van der Waals surface area (Å²) in [4.78, 5) is 16.6. The fourth-order valence-corrected chi connectivity index (χ4v) is 2.03. The molecule has 130 valence electrons. The zero-order valence-corrected chi connectivity index (χ0v) is 15.1. The average molecular weight is 338 g/mol. The molecule has 1 amide bonds. The normalized spacial score (nSPS) is 12.2. The lowest BCUT2D eigenvalue weighted by Crippen LogP contribution is -2.41. The van der Waals surface area contributed by atoms with E-state index in [1.54, 1.807) is 30.3 Å². The summed E-state index contributed by atoms with van der Waals surface area (Å²) in [6.07, 6.45) is 3.12. The van der Waals surface area contributed by atoms with Crippen LogP contribution in [-0.2, 0) is 15.7 Å². The average Bonchev–Trinajstić information content (AvgIpc) is 3.04. The number of aromatic nitrogens is 2. The molecule has 25 heavy (non-hydrogen) atoms. The maximum atomic E-state index is 12.2. The van der Waals surface area contributed by atoms with Crippen molar-refractivity contribution < 1.29 is 9.32 Å². The minimum absolute atomic E-state index is 0.249. The van der Waals surface area contributed by atoms with Gasteiger partial charge in [0.2, 0.25) is 11.8 Å². The Kier molecular flexibility index (Phi) is 5.07. The van der Waals surface area contributed by atoms with Crippen LogP contribution in [-0.4, -0.2) is 16.0 Å². The van der Waals surface area contributed by atoms with Gasteiger partial charge in [-0.05, 0) is 37.6 Å². The molecule has 2 aromatic rings. The third-order valence-corrected chi connectivity index (χ3v) is 3.53. The van der Waals surface area contributed by atoms with E-state index in [-0.39, 0.29) is 11.3 Å². The molecule has 1 aromatic heterocycles. The van der Waals surface area contributed by atoms with Crippen molar-refractivity contribution >= 4 is 12.0 Å². The van der Waals surface area contributed by atoms with Crippen molar-refractivity contribution in [2.24, 2.45) is 0 Å². The van der Waals surface area contributed by atoms with Crippen LogP contribution >= 0.6 is 0 Å². The number of amides is 1. The highest BCUT2D eigenvalue weighted by Gasteiger charge is 2.30. The zero-order chi connectivity index (χ0) is 18.7. The first-order valence-electron chi connectivity index (χ1n) is 7.97. The minimum Gasteiger partial charge on any atom is -0.340 e. The molecule has 1 heterocycles. The number of rotatable bonds is 4. The molecular weight excluding hydrogens is 316 g/mol. The van der Waals surface area contributed by atoms with Crippen molar-refractivity contribution in [2.45, 2.75) is 45.6 Å². The van der Waals surface area contributed by atoms with E-state index in [0.29, 0.717) is 17.3 Å². The van der Waals surface area contributed by atoms with Gasteiger partial charge >= 0.3 is 0 Å². The van der Waals surface area contributed by atoms with Gasteiger partial charge in [-0.3, -0.25) is 4.79 Å². The van der Waals surface area contributed by atoms with Gasteiger partial charge in [-0.15, -0.1) is 0 Å². The van der Waals surface area contributed by atoms with E-state index in [2.05, 4.69) is 21.5 Å². The molecule has 0 unspecified atom stereocenters. The summed E-state index contributed by atoms with van der Waals surface area (Å²) >= 11 is 0. The Labute approximate surface area is 147 Å². The summed E-state index contributed by atoms with van der Waals surface area (Å²) in [5.74, 6) is 0.687. The standard InChI is InChI=1S/C19H22N4O2/c1-18(2,3)17-21-16(23-25-17)19(4,5)22-15(24)11-10-13-6-8-14(12-20)9-7-13/h6-11H,1-5H3,(H,22,24)/b11-10+. The Hall–Kier alpha value is -2.94. The minimum atomic E-state index is -0.765. The summed E-state index contributed by atoms with van der Waals surface area (Å²) < 4.78 is 5.29. The van der Waals surface area contributed by atoms with Crippen LogP contribution < -0.4 is 5.32 Å². The van der Waals surface area contributed by atoms with Crippen molar-refractivity contribution in [3.8, 4) is 6.07 Å². The molecular formula is C19H22N4O2. The van der Waals surface area contributed by atoms with Gasteiger partial charge in [-0.1, -0.05) is 38.1 Å². The SMILES string of the molecule is CC(C)(C)c1nc(C(C)(C)NC(=O)/C=C/c2ccc(C#N)cc2)no1. The van der Waals surface area contributed by atoms with Crippen LogP contribution in [0.5, 0.6) is 0 Å². The Morgan fingerprint density at radius 3 is 2.36 bits per heavy atom. The predicted molar refractivity (Wildman–Crippen MR) is 94.4 cm³/mol. The highest BCUT2D eigenvalue weighted by molar-refractivity contribution is 5.92. The van der Waals surface area contributed by atoms with Crippen molar-refractivity contribution in [3.05, 3.63) is 53.2 Å². The number of carbonyl (C=O) groups excluding carboxylic acids is 1. The smallest absolute Gasteiger partial charge is 0.244 e. The maximum absolute atomic E-state index is 12.2. The van der Waals surface area contributed by atoms with E-state index in [9.17, 15) is 4.79 Å². The van der Waals surface area contributed by atoms with Crippen molar-refractivity contribution in [1.29, 1.82) is 5.26 Å². The molecule has 0 radical (unpaired) electrons.